The monoisotopic (exact) mass is 349 g/mol. The number of carboxylic acids is 1. The van der Waals surface area contributed by atoms with Crippen molar-refractivity contribution in [1.82, 2.24) is 9.55 Å². The molecule has 21 heavy (non-hydrogen) atoms. The number of aromatic nitrogens is 2. The van der Waals surface area contributed by atoms with E-state index in [0.717, 1.165) is 27.6 Å². The van der Waals surface area contributed by atoms with Gasteiger partial charge in [-0.2, -0.15) is 0 Å². The van der Waals surface area contributed by atoms with Gasteiger partial charge in [0.15, 0.2) is 0 Å². The van der Waals surface area contributed by atoms with E-state index < -0.39 is 5.97 Å². The molecule has 0 aliphatic carbocycles. The van der Waals surface area contributed by atoms with Crippen LogP contribution in [0.2, 0.25) is 0 Å². The lowest BCUT2D eigenvalue weighted by atomic mass is 10.1. The molecule has 0 fully saturated rings. The molecule has 5 nitrogen and oxygen atoms in total. The molecule has 0 spiro atoms. The molecule has 0 atom stereocenters. The van der Waals surface area contributed by atoms with Gasteiger partial charge in [0.25, 0.3) is 0 Å². The quantitative estimate of drug-likeness (QED) is 0.843. The third kappa shape index (κ3) is 3.95. The van der Waals surface area contributed by atoms with E-state index in [0.29, 0.717) is 6.54 Å². The van der Waals surface area contributed by atoms with Gasteiger partial charge in [-0.3, -0.25) is 0 Å². The first kappa shape index (κ1) is 15.3. The summed E-state index contributed by atoms with van der Waals surface area (Å²) in [6, 6.07) is 5.78. The van der Waals surface area contributed by atoms with Gasteiger partial charge in [-0.05, 0) is 29.8 Å². The highest BCUT2D eigenvalue weighted by Gasteiger charge is 2.09. The number of rotatable bonds is 5. The minimum absolute atomic E-state index is 0.638. The summed E-state index contributed by atoms with van der Waals surface area (Å²) in [6.45, 7) is 0.638. The van der Waals surface area contributed by atoms with Crippen molar-refractivity contribution < 1.29 is 9.90 Å². The SMILES string of the molecule is CN(Cc1nccn1C)c1ccc(Br)cc1/C=C/C(=O)O. The fourth-order valence-corrected chi connectivity index (χ4v) is 2.39. The summed E-state index contributed by atoms with van der Waals surface area (Å²) in [6.07, 6.45) is 6.39. The average Bonchev–Trinajstić information content (AvgIpc) is 2.82. The molecule has 1 heterocycles. The van der Waals surface area contributed by atoms with Gasteiger partial charge >= 0.3 is 5.97 Å². The maximum atomic E-state index is 10.7. The molecule has 110 valence electrons. The number of hydrogen-bond acceptors (Lipinski definition) is 3. The molecule has 0 radical (unpaired) electrons. The summed E-state index contributed by atoms with van der Waals surface area (Å²) >= 11 is 3.41. The highest BCUT2D eigenvalue weighted by molar-refractivity contribution is 9.10. The minimum atomic E-state index is -0.965. The third-order valence-electron chi connectivity index (χ3n) is 3.11. The molecule has 0 unspecified atom stereocenters. The molecule has 0 saturated heterocycles. The Morgan fingerprint density at radius 1 is 1.52 bits per heavy atom. The molecule has 0 saturated carbocycles. The van der Waals surface area contributed by atoms with Crippen molar-refractivity contribution in [3.8, 4) is 0 Å². The summed E-state index contributed by atoms with van der Waals surface area (Å²) in [5, 5.41) is 8.79. The van der Waals surface area contributed by atoms with Crippen LogP contribution in [0.15, 0.2) is 41.1 Å². The van der Waals surface area contributed by atoms with Crippen LogP contribution in [0.4, 0.5) is 5.69 Å². The first-order valence-corrected chi connectivity index (χ1v) is 7.14. The third-order valence-corrected chi connectivity index (χ3v) is 3.60. The number of aliphatic carboxylic acids is 1. The second-order valence-corrected chi connectivity index (χ2v) is 5.60. The van der Waals surface area contributed by atoms with Crippen LogP contribution in [-0.2, 0) is 18.4 Å². The number of carboxylic acid groups (broad SMARTS) is 1. The van der Waals surface area contributed by atoms with Gasteiger partial charge in [-0.1, -0.05) is 15.9 Å². The molecule has 0 aliphatic heterocycles. The highest BCUT2D eigenvalue weighted by atomic mass is 79.9. The maximum absolute atomic E-state index is 10.7. The van der Waals surface area contributed by atoms with E-state index >= 15 is 0 Å². The van der Waals surface area contributed by atoms with Crippen LogP contribution in [0.25, 0.3) is 6.08 Å². The Morgan fingerprint density at radius 2 is 2.29 bits per heavy atom. The lowest BCUT2D eigenvalue weighted by molar-refractivity contribution is -0.131. The number of anilines is 1. The Labute approximate surface area is 131 Å². The van der Waals surface area contributed by atoms with Crippen LogP contribution >= 0.6 is 15.9 Å². The van der Waals surface area contributed by atoms with Crippen molar-refractivity contribution in [2.45, 2.75) is 6.54 Å². The summed E-state index contributed by atoms with van der Waals surface area (Å²) < 4.78 is 2.86. The van der Waals surface area contributed by atoms with E-state index in [1.165, 1.54) is 0 Å². The highest BCUT2D eigenvalue weighted by Crippen LogP contribution is 2.26. The van der Waals surface area contributed by atoms with Crippen LogP contribution in [0, 0.1) is 0 Å². The van der Waals surface area contributed by atoms with Crippen molar-refractivity contribution >= 4 is 33.7 Å². The Morgan fingerprint density at radius 3 is 2.90 bits per heavy atom. The number of nitrogens with zero attached hydrogens (tertiary/aromatic N) is 3. The maximum Gasteiger partial charge on any atom is 0.328 e. The summed E-state index contributed by atoms with van der Waals surface area (Å²) in [4.78, 5) is 17.1. The number of hydrogen-bond donors (Lipinski definition) is 1. The van der Waals surface area contributed by atoms with Gasteiger partial charge in [0.2, 0.25) is 0 Å². The molecular formula is C15H16BrN3O2. The van der Waals surface area contributed by atoms with Gasteiger partial charge in [0.1, 0.15) is 5.82 Å². The van der Waals surface area contributed by atoms with Gasteiger partial charge < -0.3 is 14.6 Å². The molecule has 6 heteroatoms. The summed E-state index contributed by atoms with van der Waals surface area (Å²) in [7, 11) is 3.90. The molecule has 2 rings (SSSR count). The fraction of sp³-hybridized carbons (Fsp3) is 0.200. The van der Waals surface area contributed by atoms with Crippen molar-refractivity contribution in [3.63, 3.8) is 0 Å². The minimum Gasteiger partial charge on any atom is -0.478 e. The normalized spacial score (nSPS) is 11.0. The van der Waals surface area contributed by atoms with Gasteiger partial charge in [0, 0.05) is 42.7 Å². The zero-order valence-corrected chi connectivity index (χ0v) is 13.4. The molecule has 1 aromatic heterocycles. The Balaban J connectivity index is 2.29. The van der Waals surface area contributed by atoms with E-state index in [1.54, 1.807) is 12.3 Å². The largest absolute Gasteiger partial charge is 0.478 e. The van der Waals surface area contributed by atoms with Crippen molar-refractivity contribution in [2.24, 2.45) is 7.05 Å². The average molecular weight is 350 g/mol. The Kier molecular flexibility index (Phi) is 4.80. The van der Waals surface area contributed by atoms with Crippen LogP contribution in [0.1, 0.15) is 11.4 Å². The second-order valence-electron chi connectivity index (χ2n) is 4.69. The smallest absolute Gasteiger partial charge is 0.328 e. The van der Waals surface area contributed by atoms with E-state index in [2.05, 4.69) is 20.9 Å². The predicted molar refractivity (Wildman–Crippen MR) is 86.1 cm³/mol. The predicted octanol–water partition coefficient (Wildman–Crippen LogP) is 2.92. The van der Waals surface area contributed by atoms with Crippen molar-refractivity contribution in [1.29, 1.82) is 0 Å². The van der Waals surface area contributed by atoms with Gasteiger partial charge in [-0.25, -0.2) is 9.78 Å². The number of carbonyl (C=O) groups is 1. The second kappa shape index (κ2) is 6.58. The lowest BCUT2D eigenvalue weighted by Gasteiger charge is -2.21. The van der Waals surface area contributed by atoms with Gasteiger partial charge in [-0.15, -0.1) is 0 Å². The van der Waals surface area contributed by atoms with Crippen LogP contribution < -0.4 is 4.90 Å². The zero-order chi connectivity index (χ0) is 15.4. The zero-order valence-electron chi connectivity index (χ0n) is 11.8. The number of benzene rings is 1. The Hall–Kier alpha value is -2.08. The Bertz CT molecular complexity index is 679. The molecule has 2 aromatic rings. The topological polar surface area (TPSA) is 58.4 Å². The lowest BCUT2D eigenvalue weighted by Crippen LogP contribution is -2.19. The van der Waals surface area contributed by atoms with Crippen molar-refractivity contribution in [2.75, 3.05) is 11.9 Å². The molecule has 0 aliphatic rings. The summed E-state index contributed by atoms with van der Waals surface area (Å²) in [5.41, 5.74) is 1.78. The first-order chi connectivity index (χ1) is 9.97. The van der Waals surface area contributed by atoms with Gasteiger partial charge in [0.05, 0.1) is 6.54 Å². The number of halogens is 1. The van der Waals surface area contributed by atoms with E-state index in [9.17, 15) is 4.79 Å². The van der Waals surface area contributed by atoms with Crippen molar-refractivity contribution in [3.05, 3.63) is 52.5 Å². The number of aryl methyl sites for hydroxylation is 1. The molecule has 1 N–H and O–H groups in total. The molecule has 0 bridgehead atoms. The van der Waals surface area contributed by atoms with E-state index in [-0.39, 0.29) is 0 Å². The molecule has 0 amide bonds. The van der Waals surface area contributed by atoms with Crippen LogP contribution in [0.3, 0.4) is 0 Å². The first-order valence-electron chi connectivity index (χ1n) is 6.35. The van der Waals surface area contributed by atoms with E-state index in [4.69, 9.17) is 5.11 Å². The number of imidazole rings is 1. The fourth-order valence-electron chi connectivity index (χ4n) is 2.01. The van der Waals surface area contributed by atoms with Crippen LogP contribution in [0.5, 0.6) is 0 Å². The standard InChI is InChI=1S/C15H16BrN3O2/c1-18-8-7-17-14(18)10-19(2)13-5-4-12(16)9-11(13)3-6-15(20)21/h3-9H,10H2,1-2H3,(H,20,21)/b6-3+. The molecular weight excluding hydrogens is 334 g/mol. The summed E-state index contributed by atoms with van der Waals surface area (Å²) in [5.74, 6) is -0.0266. The molecule has 1 aromatic carbocycles. The van der Waals surface area contributed by atoms with E-state index in [1.807, 2.05) is 48.0 Å². The van der Waals surface area contributed by atoms with Crippen LogP contribution in [-0.4, -0.2) is 27.7 Å².